The Morgan fingerprint density at radius 2 is 1.74 bits per heavy atom. The molecule has 2 aromatic heterocycles. The molecule has 2 aromatic carbocycles. The average Bonchev–Trinajstić information content (AvgIpc) is 3.23. The molecule has 35 heavy (non-hydrogen) atoms. The third kappa shape index (κ3) is 5.03. The molecular weight excluding hydrogens is 446 g/mol. The van der Waals surface area contributed by atoms with E-state index < -0.39 is 0 Å². The third-order valence-electron chi connectivity index (χ3n) is 5.90. The zero-order chi connectivity index (χ0) is 24.9. The van der Waals surface area contributed by atoms with Gasteiger partial charge in [0.15, 0.2) is 17.0 Å². The van der Waals surface area contributed by atoms with E-state index in [-0.39, 0.29) is 17.9 Å². The van der Waals surface area contributed by atoms with Crippen LogP contribution in [0.5, 0.6) is 11.5 Å². The fourth-order valence-electron chi connectivity index (χ4n) is 4.12. The topological polar surface area (TPSA) is 100 Å². The van der Waals surface area contributed by atoms with Crippen LogP contribution in [0.4, 0.5) is 0 Å². The number of aromatic nitrogens is 4. The number of nitrogens with zero attached hydrogens (tertiary/aromatic N) is 4. The number of carbonyl (C=O) groups excluding carboxylic acids is 1. The van der Waals surface area contributed by atoms with Crippen LogP contribution in [0.15, 0.2) is 53.3 Å². The largest absolute Gasteiger partial charge is 0.493 e. The highest BCUT2D eigenvalue weighted by molar-refractivity contribution is 5.83. The molecule has 0 bridgehead atoms. The maximum atomic E-state index is 13.1. The van der Waals surface area contributed by atoms with E-state index in [1.54, 1.807) is 25.0 Å². The highest BCUT2D eigenvalue weighted by Gasteiger charge is 2.17. The van der Waals surface area contributed by atoms with Crippen LogP contribution in [0.25, 0.3) is 16.6 Å². The first kappa shape index (κ1) is 24.0. The van der Waals surface area contributed by atoms with Crippen LogP contribution < -0.4 is 20.3 Å². The molecule has 0 aliphatic heterocycles. The van der Waals surface area contributed by atoms with Crippen LogP contribution in [0, 0.1) is 13.8 Å². The Morgan fingerprint density at radius 3 is 2.46 bits per heavy atom. The van der Waals surface area contributed by atoms with Crippen LogP contribution >= 0.6 is 0 Å². The Morgan fingerprint density at radius 1 is 1.00 bits per heavy atom. The summed E-state index contributed by atoms with van der Waals surface area (Å²) >= 11 is 0. The monoisotopic (exact) mass is 475 g/mol. The van der Waals surface area contributed by atoms with Gasteiger partial charge in [-0.1, -0.05) is 24.3 Å². The number of carbonyl (C=O) groups is 1. The lowest BCUT2D eigenvalue weighted by Crippen LogP contribution is -2.26. The molecule has 0 saturated carbocycles. The van der Waals surface area contributed by atoms with Gasteiger partial charge in [0.2, 0.25) is 5.91 Å². The van der Waals surface area contributed by atoms with Crippen molar-refractivity contribution in [2.24, 2.45) is 0 Å². The Labute approximate surface area is 203 Å². The molecule has 4 aromatic rings. The average molecular weight is 476 g/mol. The summed E-state index contributed by atoms with van der Waals surface area (Å²) in [6, 6.07) is 15.2. The summed E-state index contributed by atoms with van der Waals surface area (Å²) in [5.41, 5.74) is 3.52. The van der Waals surface area contributed by atoms with E-state index in [1.165, 1.54) is 4.68 Å². The van der Waals surface area contributed by atoms with Crippen LogP contribution in [0.2, 0.25) is 0 Å². The van der Waals surface area contributed by atoms with Crippen LogP contribution in [-0.4, -0.2) is 39.7 Å². The lowest BCUT2D eigenvalue weighted by atomic mass is 10.2. The molecule has 0 atom stereocenters. The smallest absolute Gasteiger partial charge is 0.295 e. The number of hydrogen-bond acceptors (Lipinski definition) is 6. The van der Waals surface area contributed by atoms with E-state index in [4.69, 9.17) is 9.47 Å². The standard InChI is InChI=1S/C26H29N5O4/c1-17-24-18(2)31(20-9-6-5-7-10-20)29-25(24)26(33)30(28-17)14-8-11-23(32)27-16-19-12-13-21(34-3)22(15-19)35-4/h5-7,9-10,12-13,15H,8,11,14,16H2,1-4H3,(H,27,32). The van der Waals surface area contributed by atoms with Gasteiger partial charge in [0.1, 0.15) is 0 Å². The second kappa shape index (κ2) is 10.4. The van der Waals surface area contributed by atoms with Gasteiger partial charge in [0.05, 0.1) is 36.7 Å². The minimum Gasteiger partial charge on any atom is -0.493 e. The fraction of sp³-hybridized carbons (Fsp3) is 0.308. The quantitative estimate of drug-likeness (QED) is 0.399. The van der Waals surface area contributed by atoms with Crippen LogP contribution in [0.1, 0.15) is 29.8 Å². The van der Waals surface area contributed by atoms with Gasteiger partial charge >= 0.3 is 0 Å². The second-order valence-corrected chi connectivity index (χ2v) is 8.24. The van der Waals surface area contributed by atoms with Gasteiger partial charge < -0.3 is 14.8 Å². The Balaban J connectivity index is 1.41. The second-order valence-electron chi connectivity index (χ2n) is 8.24. The molecule has 0 unspecified atom stereocenters. The van der Waals surface area contributed by atoms with E-state index in [9.17, 15) is 9.59 Å². The molecule has 0 fully saturated rings. The van der Waals surface area contributed by atoms with Crippen LogP contribution in [0.3, 0.4) is 0 Å². The molecule has 0 spiro atoms. The first-order valence-electron chi connectivity index (χ1n) is 11.4. The van der Waals surface area contributed by atoms with Crippen molar-refractivity contribution < 1.29 is 14.3 Å². The number of nitrogens with one attached hydrogen (secondary N) is 1. The van der Waals surface area contributed by atoms with Gasteiger partial charge in [-0.25, -0.2) is 9.36 Å². The zero-order valence-corrected chi connectivity index (χ0v) is 20.4. The number of rotatable bonds is 9. The van der Waals surface area contributed by atoms with Crippen molar-refractivity contribution >= 4 is 16.8 Å². The molecule has 9 nitrogen and oxygen atoms in total. The predicted octanol–water partition coefficient (Wildman–Crippen LogP) is 3.31. The fourth-order valence-corrected chi connectivity index (χ4v) is 4.12. The summed E-state index contributed by atoms with van der Waals surface area (Å²) < 4.78 is 13.7. The zero-order valence-electron chi connectivity index (χ0n) is 20.4. The first-order chi connectivity index (χ1) is 16.9. The molecule has 2 heterocycles. The van der Waals surface area contributed by atoms with Crippen molar-refractivity contribution in [2.75, 3.05) is 14.2 Å². The molecule has 0 saturated heterocycles. The molecule has 4 rings (SSSR count). The third-order valence-corrected chi connectivity index (χ3v) is 5.90. The highest BCUT2D eigenvalue weighted by atomic mass is 16.5. The summed E-state index contributed by atoms with van der Waals surface area (Å²) in [6.45, 7) is 4.51. The predicted molar refractivity (Wildman–Crippen MR) is 133 cm³/mol. The van der Waals surface area contributed by atoms with Crippen molar-refractivity contribution in [3.05, 3.63) is 75.8 Å². The number of aryl methyl sites for hydroxylation is 3. The Kier molecular flexibility index (Phi) is 7.14. The molecule has 182 valence electrons. The van der Waals surface area contributed by atoms with Crippen molar-refractivity contribution in [1.29, 1.82) is 0 Å². The number of para-hydroxylation sites is 1. The molecule has 0 aliphatic carbocycles. The van der Waals surface area contributed by atoms with Gasteiger partial charge in [-0.3, -0.25) is 9.59 Å². The number of ether oxygens (including phenoxy) is 2. The maximum Gasteiger partial charge on any atom is 0.295 e. The van der Waals surface area contributed by atoms with Gasteiger partial charge in [-0.2, -0.15) is 10.2 Å². The SMILES string of the molecule is COc1ccc(CNC(=O)CCCn2nc(C)c3c(C)n(-c4ccccc4)nc3c2=O)cc1OC. The van der Waals surface area contributed by atoms with E-state index in [1.807, 2.05) is 56.3 Å². The Hall–Kier alpha value is -4.14. The molecule has 0 radical (unpaired) electrons. The number of hydrogen-bond donors (Lipinski definition) is 1. The Bertz CT molecular complexity index is 1410. The number of benzene rings is 2. The maximum absolute atomic E-state index is 13.1. The minimum atomic E-state index is -0.255. The summed E-state index contributed by atoms with van der Waals surface area (Å²) in [7, 11) is 3.15. The van der Waals surface area contributed by atoms with E-state index >= 15 is 0 Å². The van der Waals surface area contributed by atoms with E-state index in [2.05, 4.69) is 15.5 Å². The molecule has 9 heteroatoms. The number of methoxy groups -OCH3 is 2. The van der Waals surface area contributed by atoms with E-state index in [0.717, 1.165) is 28.0 Å². The summed E-state index contributed by atoms with van der Waals surface area (Å²) in [5.74, 6) is 1.15. The summed E-state index contributed by atoms with van der Waals surface area (Å²) in [4.78, 5) is 25.4. The highest BCUT2D eigenvalue weighted by Crippen LogP contribution is 2.27. The van der Waals surface area contributed by atoms with E-state index in [0.29, 0.717) is 36.5 Å². The molecular formula is C26H29N5O4. The van der Waals surface area contributed by atoms with Gasteiger partial charge in [-0.05, 0) is 50.1 Å². The summed E-state index contributed by atoms with van der Waals surface area (Å²) in [5, 5.41) is 12.7. The summed E-state index contributed by atoms with van der Waals surface area (Å²) in [6.07, 6.45) is 0.754. The lowest BCUT2D eigenvalue weighted by Gasteiger charge is -2.10. The van der Waals surface area contributed by atoms with Crippen LogP contribution in [-0.2, 0) is 17.9 Å². The number of fused-ring (bicyclic) bond motifs is 1. The van der Waals surface area contributed by atoms with Gasteiger partial charge in [0.25, 0.3) is 5.56 Å². The normalized spacial score (nSPS) is 11.0. The molecule has 0 aliphatic rings. The van der Waals surface area contributed by atoms with Crippen molar-refractivity contribution in [3.8, 4) is 17.2 Å². The van der Waals surface area contributed by atoms with Gasteiger partial charge in [0, 0.05) is 19.5 Å². The molecule has 1 amide bonds. The first-order valence-corrected chi connectivity index (χ1v) is 11.4. The van der Waals surface area contributed by atoms with Gasteiger partial charge in [-0.15, -0.1) is 0 Å². The molecule has 1 N–H and O–H groups in total. The number of amides is 1. The van der Waals surface area contributed by atoms with Crippen molar-refractivity contribution in [2.45, 2.75) is 39.8 Å². The lowest BCUT2D eigenvalue weighted by molar-refractivity contribution is -0.121. The minimum absolute atomic E-state index is 0.102. The van der Waals surface area contributed by atoms with Crippen molar-refractivity contribution in [3.63, 3.8) is 0 Å². The van der Waals surface area contributed by atoms with Crippen molar-refractivity contribution in [1.82, 2.24) is 24.9 Å².